The van der Waals surface area contributed by atoms with E-state index in [-0.39, 0.29) is 5.91 Å². The molecule has 0 spiro atoms. The van der Waals surface area contributed by atoms with Crippen LogP contribution in [0.5, 0.6) is 0 Å². The lowest BCUT2D eigenvalue weighted by Crippen LogP contribution is -2.31. The molecule has 142 valence electrons. The van der Waals surface area contributed by atoms with Gasteiger partial charge in [0.1, 0.15) is 6.04 Å². The van der Waals surface area contributed by atoms with Crippen molar-refractivity contribution in [1.29, 1.82) is 0 Å². The number of carbonyl (C=O) groups excluding carboxylic acids is 1. The van der Waals surface area contributed by atoms with Crippen LogP contribution in [0.25, 0.3) is 0 Å². The van der Waals surface area contributed by atoms with Gasteiger partial charge in [-0.05, 0) is 31.4 Å². The summed E-state index contributed by atoms with van der Waals surface area (Å²) in [6.45, 7) is 1.86. The second kappa shape index (κ2) is 7.69. The first kappa shape index (κ1) is 18.6. The number of carbonyl (C=O) groups is 1. The summed E-state index contributed by atoms with van der Waals surface area (Å²) in [5.41, 5.74) is 2.77. The van der Waals surface area contributed by atoms with Crippen molar-refractivity contribution in [2.75, 3.05) is 16.9 Å². The molecule has 2 N–H and O–H groups in total. The van der Waals surface area contributed by atoms with Crippen LogP contribution in [0.3, 0.4) is 0 Å². The Morgan fingerprint density at radius 3 is 2.61 bits per heavy atom. The van der Waals surface area contributed by atoms with Crippen LogP contribution in [-0.2, 0) is 4.79 Å². The molecule has 0 saturated heterocycles. The smallest absolute Gasteiger partial charge is 0.255 e. The molecule has 0 saturated carbocycles. The van der Waals surface area contributed by atoms with Gasteiger partial charge in [-0.15, -0.1) is 5.10 Å². The summed E-state index contributed by atoms with van der Waals surface area (Å²) >= 11 is 7.94. The van der Waals surface area contributed by atoms with Crippen LogP contribution in [0, 0.1) is 0 Å². The molecule has 0 bridgehead atoms. The van der Waals surface area contributed by atoms with Crippen molar-refractivity contribution >= 4 is 40.9 Å². The first-order chi connectivity index (χ1) is 13.6. The monoisotopic (exact) mass is 411 g/mol. The number of aromatic nitrogens is 3. The predicted octanol–water partition coefficient (Wildman–Crippen LogP) is 4.58. The molecule has 1 aliphatic heterocycles. The van der Waals surface area contributed by atoms with Crippen molar-refractivity contribution in [2.45, 2.75) is 18.1 Å². The van der Waals surface area contributed by atoms with Crippen molar-refractivity contribution in [2.24, 2.45) is 0 Å². The second-order valence-corrected chi connectivity index (χ2v) is 7.46. The van der Waals surface area contributed by atoms with Gasteiger partial charge in [0.05, 0.1) is 5.57 Å². The largest absolute Gasteiger partial charge is 0.328 e. The number of halogens is 1. The lowest BCUT2D eigenvalue weighted by atomic mass is 9.95. The Labute approximate surface area is 172 Å². The van der Waals surface area contributed by atoms with Crippen molar-refractivity contribution in [3.8, 4) is 0 Å². The van der Waals surface area contributed by atoms with Gasteiger partial charge >= 0.3 is 0 Å². The van der Waals surface area contributed by atoms with Crippen LogP contribution in [0.15, 0.2) is 71.0 Å². The first-order valence-corrected chi connectivity index (χ1v) is 10.3. The maximum Gasteiger partial charge on any atom is 0.255 e. The predicted molar refractivity (Wildman–Crippen MR) is 113 cm³/mol. The zero-order valence-electron chi connectivity index (χ0n) is 15.3. The van der Waals surface area contributed by atoms with Crippen LogP contribution in [-0.4, -0.2) is 26.9 Å². The maximum atomic E-state index is 13.2. The number of hydrogen-bond donors (Lipinski definition) is 2. The number of nitrogens with one attached hydrogen (secondary N) is 2. The SMILES string of the molecule is CSc1nc2n(n1)[C@H](c1ccccc1Cl)C(C(=O)Nc1ccccc1)=C(C)N2. The van der Waals surface area contributed by atoms with E-state index in [4.69, 9.17) is 11.6 Å². The summed E-state index contributed by atoms with van der Waals surface area (Å²) in [5.74, 6) is 0.371. The molecule has 3 aromatic rings. The second-order valence-electron chi connectivity index (χ2n) is 6.27. The molecule has 1 aliphatic rings. The molecule has 6 nitrogen and oxygen atoms in total. The minimum Gasteiger partial charge on any atom is -0.328 e. The summed E-state index contributed by atoms with van der Waals surface area (Å²) in [6, 6.07) is 16.4. The average Bonchev–Trinajstić information content (AvgIpc) is 3.11. The fourth-order valence-corrected chi connectivity index (χ4v) is 3.80. The van der Waals surface area contributed by atoms with Gasteiger partial charge in [0, 0.05) is 22.0 Å². The van der Waals surface area contributed by atoms with E-state index < -0.39 is 6.04 Å². The standard InChI is InChI=1S/C20H18ClN5OS/c1-12-16(18(27)23-13-8-4-3-5-9-13)17(14-10-6-7-11-15(14)21)26-19(22-12)24-20(25-26)28-2/h3-11,17H,1-2H3,(H,23,27)(H,22,24,25)/t17-/m1/s1. The molecule has 0 aliphatic carbocycles. The number of para-hydroxylation sites is 1. The van der Waals surface area contributed by atoms with Crippen molar-refractivity contribution in [3.05, 3.63) is 76.5 Å². The van der Waals surface area contributed by atoms with E-state index in [9.17, 15) is 4.79 Å². The van der Waals surface area contributed by atoms with Gasteiger partial charge in [-0.25, -0.2) is 4.68 Å². The molecular weight excluding hydrogens is 394 g/mol. The fraction of sp³-hybridized carbons (Fsp3) is 0.150. The molecule has 0 radical (unpaired) electrons. The number of amides is 1. The third-order valence-electron chi connectivity index (χ3n) is 4.49. The molecule has 8 heteroatoms. The van der Waals surface area contributed by atoms with Crippen LogP contribution >= 0.6 is 23.4 Å². The van der Waals surface area contributed by atoms with E-state index in [1.165, 1.54) is 11.8 Å². The number of thioether (sulfide) groups is 1. The Morgan fingerprint density at radius 2 is 1.89 bits per heavy atom. The third-order valence-corrected chi connectivity index (χ3v) is 5.37. The minimum atomic E-state index is -0.484. The average molecular weight is 412 g/mol. The number of hydrogen-bond acceptors (Lipinski definition) is 5. The molecule has 0 unspecified atom stereocenters. The number of benzene rings is 2. The van der Waals surface area contributed by atoms with Crippen LogP contribution in [0.1, 0.15) is 18.5 Å². The number of anilines is 2. The van der Waals surface area contributed by atoms with E-state index in [0.717, 1.165) is 11.3 Å². The zero-order valence-corrected chi connectivity index (χ0v) is 16.9. The highest BCUT2D eigenvalue weighted by atomic mass is 35.5. The third kappa shape index (κ3) is 3.39. The molecule has 2 heterocycles. The van der Waals surface area contributed by atoms with Crippen molar-refractivity contribution in [3.63, 3.8) is 0 Å². The lowest BCUT2D eigenvalue weighted by Gasteiger charge is -2.29. The number of rotatable bonds is 4. The Kier molecular flexibility index (Phi) is 5.11. The fourth-order valence-electron chi connectivity index (χ4n) is 3.22. The van der Waals surface area contributed by atoms with Crippen LogP contribution < -0.4 is 10.6 Å². The summed E-state index contributed by atoms with van der Waals surface area (Å²) < 4.78 is 1.72. The lowest BCUT2D eigenvalue weighted by molar-refractivity contribution is -0.113. The summed E-state index contributed by atoms with van der Waals surface area (Å²) in [5, 5.41) is 11.9. The van der Waals surface area contributed by atoms with Crippen molar-refractivity contribution in [1.82, 2.24) is 14.8 Å². The Balaban J connectivity index is 1.82. The Hall–Kier alpha value is -2.77. The van der Waals surface area contributed by atoms with Gasteiger partial charge in [0.15, 0.2) is 0 Å². The molecule has 0 fully saturated rings. The molecule has 1 amide bonds. The zero-order chi connectivity index (χ0) is 19.7. The highest BCUT2D eigenvalue weighted by molar-refractivity contribution is 7.98. The molecule has 28 heavy (non-hydrogen) atoms. The van der Waals surface area contributed by atoms with E-state index >= 15 is 0 Å². The van der Waals surface area contributed by atoms with E-state index in [0.29, 0.717) is 27.4 Å². The summed E-state index contributed by atoms with van der Waals surface area (Å²) in [7, 11) is 0. The van der Waals surface area contributed by atoms with Gasteiger partial charge in [-0.2, -0.15) is 4.98 Å². The maximum absolute atomic E-state index is 13.2. The van der Waals surface area contributed by atoms with Crippen molar-refractivity contribution < 1.29 is 4.79 Å². The Morgan fingerprint density at radius 1 is 1.18 bits per heavy atom. The quantitative estimate of drug-likeness (QED) is 0.615. The normalized spacial score (nSPS) is 15.8. The van der Waals surface area contributed by atoms with Crippen LogP contribution in [0.2, 0.25) is 5.02 Å². The summed E-state index contributed by atoms with van der Waals surface area (Å²) in [4.78, 5) is 17.7. The van der Waals surface area contributed by atoms with E-state index in [1.54, 1.807) is 4.68 Å². The van der Waals surface area contributed by atoms with Gasteiger partial charge in [0.25, 0.3) is 5.91 Å². The molecule has 4 rings (SSSR count). The highest BCUT2D eigenvalue weighted by Gasteiger charge is 2.35. The highest BCUT2D eigenvalue weighted by Crippen LogP contribution is 2.38. The topological polar surface area (TPSA) is 71.8 Å². The van der Waals surface area contributed by atoms with E-state index in [2.05, 4.69) is 20.7 Å². The van der Waals surface area contributed by atoms with Gasteiger partial charge in [0.2, 0.25) is 11.1 Å². The van der Waals surface area contributed by atoms with Crippen LogP contribution in [0.4, 0.5) is 11.6 Å². The summed E-state index contributed by atoms with van der Waals surface area (Å²) in [6.07, 6.45) is 1.91. The first-order valence-electron chi connectivity index (χ1n) is 8.67. The molecular formula is C20H18ClN5OS. The molecule has 1 atom stereocenters. The van der Waals surface area contributed by atoms with E-state index in [1.807, 2.05) is 67.8 Å². The minimum absolute atomic E-state index is 0.215. The molecule has 1 aromatic heterocycles. The number of fused-ring (bicyclic) bond motifs is 1. The van der Waals surface area contributed by atoms with Gasteiger partial charge in [-0.1, -0.05) is 59.8 Å². The molecule has 2 aromatic carbocycles. The van der Waals surface area contributed by atoms with Gasteiger partial charge in [-0.3, -0.25) is 4.79 Å². The van der Waals surface area contributed by atoms with Gasteiger partial charge < -0.3 is 10.6 Å². The number of nitrogens with zero attached hydrogens (tertiary/aromatic N) is 3. The Bertz CT molecular complexity index is 1060. The number of allylic oxidation sites excluding steroid dienone is 1.